The zero-order valence-electron chi connectivity index (χ0n) is 83.8. The monoisotopic (exact) mass is 1920 g/mol. The number of ether oxygens (including phenoxy) is 3. The van der Waals surface area contributed by atoms with Crippen LogP contribution in [0.25, 0.3) is 137 Å². The molecule has 3 aliphatic rings. The molecule has 0 saturated heterocycles. The van der Waals surface area contributed by atoms with Crippen LogP contribution in [0.5, 0.6) is 11.5 Å². The van der Waals surface area contributed by atoms with E-state index in [9.17, 15) is 4.79 Å². The van der Waals surface area contributed by atoms with Gasteiger partial charge in [-0.2, -0.15) is 0 Å². The number of allylic oxidation sites excluding steroid dienone is 6. The lowest BCUT2D eigenvalue weighted by Crippen LogP contribution is -2.18. The molecular formula is C121H136N12O10. The van der Waals surface area contributed by atoms with Crippen molar-refractivity contribution in [1.29, 1.82) is 0 Å². The summed E-state index contributed by atoms with van der Waals surface area (Å²) in [6.45, 7) is 58.2. The number of nitrogens with zero attached hydrogens (tertiary/aromatic N) is 12. The third-order valence-corrected chi connectivity index (χ3v) is 27.7. The summed E-state index contributed by atoms with van der Waals surface area (Å²) >= 11 is 0. The lowest BCUT2D eigenvalue weighted by atomic mass is 9.85. The van der Waals surface area contributed by atoms with Crippen molar-refractivity contribution in [1.82, 2.24) is 61.2 Å². The molecule has 0 spiro atoms. The largest absolute Gasteiger partial charge is 0.493 e. The van der Waals surface area contributed by atoms with Crippen LogP contribution in [0.4, 0.5) is 0 Å². The van der Waals surface area contributed by atoms with Crippen molar-refractivity contribution in [2.24, 2.45) is 53.3 Å². The van der Waals surface area contributed by atoms with Crippen molar-refractivity contribution in [3.05, 3.63) is 315 Å². The Balaban J connectivity index is 0.000000169. The van der Waals surface area contributed by atoms with Crippen molar-refractivity contribution in [2.75, 3.05) is 19.8 Å². The lowest BCUT2D eigenvalue weighted by molar-refractivity contribution is 0.0423. The molecule has 9 atom stereocenters. The SMILES string of the molecule is C.C.C=CC1CC(C=C)C(CCCCOc2cc(-c3nnc(-c4ccc(C(C)(C)C)cc4)o3)ccc2-c2nnc(-c3ccc(C(C)(C)C)cc3)o2)C1.C=CC1CC(C=C)C(COC(=O)c2ccc(-c3nnc(-c4ccc(-c5nnc(-c6cc(C)c(C)c(C)c6)o5)cc4)o3)cc2)C1.C=CC1CC(C=C)C(COc2cc(-c3nnc(-c4ccc(-c5nnc(-c6ccc(C(C)(C)C)cc6)o5)cc4)o3)ccc2C(C)(C)C)C1. The average Bonchev–Trinajstić information content (AvgIpc) is 1.74. The third-order valence-electron chi connectivity index (χ3n) is 27.7. The predicted molar refractivity (Wildman–Crippen MR) is 570 cm³/mol. The fourth-order valence-corrected chi connectivity index (χ4v) is 18.8. The number of aromatic nitrogens is 12. The lowest BCUT2D eigenvalue weighted by Gasteiger charge is -2.25. The highest BCUT2D eigenvalue weighted by Gasteiger charge is 2.36. The highest BCUT2D eigenvalue weighted by molar-refractivity contribution is 5.90. The van der Waals surface area contributed by atoms with Gasteiger partial charge in [0.25, 0.3) is 5.89 Å². The van der Waals surface area contributed by atoms with E-state index >= 15 is 0 Å². The summed E-state index contributed by atoms with van der Waals surface area (Å²) in [6.07, 6.45) is 21.9. The minimum Gasteiger partial charge on any atom is -0.493 e. The van der Waals surface area contributed by atoms with E-state index in [2.05, 4.69) is 283 Å². The quantitative estimate of drug-likeness (QED) is 0.0230. The van der Waals surface area contributed by atoms with Crippen molar-refractivity contribution >= 4 is 5.97 Å². The van der Waals surface area contributed by atoms with E-state index in [0.29, 0.717) is 160 Å². The molecule has 0 N–H and O–H groups in total. The van der Waals surface area contributed by atoms with E-state index in [4.69, 9.17) is 40.7 Å². The normalized spacial score (nSPS) is 17.8. The van der Waals surface area contributed by atoms with Gasteiger partial charge >= 0.3 is 5.97 Å². The van der Waals surface area contributed by atoms with Crippen LogP contribution in [0.3, 0.4) is 0 Å². The zero-order chi connectivity index (χ0) is 99.6. The Morgan fingerprint density at radius 1 is 0.315 bits per heavy atom. The fourth-order valence-electron chi connectivity index (χ4n) is 18.8. The Bertz CT molecular complexity index is 6860. The first-order chi connectivity index (χ1) is 67.7. The highest BCUT2D eigenvalue weighted by atomic mass is 16.5. The highest BCUT2D eigenvalue weighted by Crippen LogP contribution is 2.46. The molecule has 6 heterocycles. The van der Waals surface area contributed by atoms with E-state index in [1.165, 1.54) is 39.8 Å². The molecule has 740 valence electrons. The number of aryl methyl sites for hydroxylation is 2. The van der Waals surface area contributed by atoms with Crippen LogP contribution in [0.1, 0.15) is 205 Å². The van der Waals surface area contributed by atoms with Crippen LogP contribution < -0.4 is 9.47 Å². The van der Waals surface area contributed by atoms with E-state index in [1.807, 2.05) is 127 Å². The number of esters is 1. The van der Waals surface area contributed by atoms with Crippen molar-refractivity contribution in [3.63, 3.8) is 0 Å². The van der Waals surface area contributed by atoms with Gasteiger partial charge in [0.1, 0.15) is 11.5 Å². The molecule has 0 bridgehead atoms. The minimum absolute atomic E-state index is 0. The van der Waals surface area contributed by atoms with Gasteiger partial charge in [0.2, 0.25) is 64.8 Å². The van der Waals surface area contributed by atoms with Crippen LogP contribution in [0, 0.1) is 74.0 Å². The minimum atomic E-state index is -0.356. The Labute approximate surface area is 842 Å². The van der Waals surface area contributed by atoms with Gasteiger partial charge in [0, 0.05) is 61.2 Å². The molecule has 0 aliphatic heterocycles. The molecule has 22 nitrogen and oxygen atoms in total. The molecule has 22 heteroatoms. The van der Waals surface area contributed by atoms with Gasteiger partial charge in [-0.15, -0.1) is 101 Å². The average molecular weight is 1920 g/mol. The van der Waals surface area contributed by atoms with Crippen molar-refractivity contribution in [2.45, 2.75) is 198 Å². The number of unbranched alkanes of at least 4 members (excludes halogenated alkanes) is 1. The first kappa shape index (κ1) is 104. The van der Waals surface area contributed by atoms with Crippen molar-refractivity contribution < 1.29 is 45.5 Å². The molecule has 0 radical (unpaired) electrons. The Morgan fingerprint density at radius 2 is 0.608 bits per heavy atom. The number of rotatable bonds is 30. The second-order valence-electron chi connectivity index (χ2n) is 41.7. The molecule has 9 aromatic carbocycles. The number of benzene rings is 9. The summed E-state index contributed by atoms with van der Waals surface area (Å²) in [5, 5.41) is 51.8. The number of hydrogen-bond donors (Lipinski definition) is 0. The summed E-state index contributed by atoms with van der Waals surface area (Å²) in [4.78, 5) is 12.7. The van der Waals surface area contributed by atoms with Gasteiger partial charge in [0.05, 0.1) is 30.9 Å². The summed E-state index contributed by atoms with van der Waals surface area (Å²) in [5.74, 6) is 10.5. The molecule has 3 saturated carbocycles. The summed E-state index contributed by atoms with van der Waals surface area (Å²) in [5.41, 5.74) is 18.7. The molecule has 6 aromatic heterocycles. The zero-order valence-corrected chi connectivity index (χ0v) is 83.8. The molecule has 143 heavy (non-hydrogen) atoms. The maximum absolute atomic E-state index is 12.7. The fraction of sp³-hybridized carbons (Fsp3) is 0.347. The Hall–Kier alpha value is -14.7. The maximum atomic E-state index is 12.7. The standard InChI is InChI=1S/C43H50N4O3.C40H44N4O3.C36H34N4O4.2CH4/c1-9-28-25-29(10-2)32(26-28)13-11-12-24-48-37-27-33(40-46-44-38(49-40)30-14-19-34(20-15-30)42(3,4)5)18-23-36(37)41-47-45-39(50-41)31-16-21-35(22-17-31)43(6,7)8;1-9-25-21-26(10-2)31(22-25)24-45-34-23-30(17-20-33(34)40(6,7)8)38-44-43-36(47-38)28-13-11-27(12-14-28)35-41-42-37(46-35)29-15-18-32(19-16-29)39(3,4)5;1-6-24-18-25(7-2)31(19-24)20-42-36(41)29-14-12-28(13-15-29)33-38-37-32(43-33)26-8-10-27(11-9-26)34-39-40-35(44-34)30-16-21(3)23(5)22(4)17-30;;/h9-10,14-23,27-29,32H,1-2,11-13,24-26H2,3-8H3;9-20,23,25-26,31H,1-2,21-22,24H2,3-8H3;6-17,24-25,31H,1-2,18-20H2,3-5H3;2*1H4. The maximum Gasteiger partial charge on any atom is 0.338 e. The predicted octanol–water partition coefficient (Wildman–Crippen LogP) is 30.9. The molecule has 0 amide bonds. The van der Waals surface area contributed by atoms with Gasteiger partial charge in [-0.1, -0.05) is 177 Å². The van der Waals surface area contributed by atoms with Gasteiger partial charge in [-0.3, -0.25) is 0 Å². The summed E-state index contributed by atoms with van der Waals surface area (Å²) in [6, 6.07) is 63.0. The second kappa shape index (κ2) is 45.1. The first-order valence-electron chi connectivity index (χ1n) is 48.9. The van der Waals surface area contributed by atoms with Gasteiger partial charge in [0.15, 0.2) is 0 Å². The van der Waals surface area contributed by atoms with Crippen molar-refractivity contribution in [3.8, 4) is 149 Å². The van der Waals surface area contributed by atoms with Gasteiger partial charge < -0.3 is 40.7 Å². The third kappa shape index (κ3) is 24.9. The molecule has 18 rings (SSSR count). The van der Waals surface area contributed by atoms with Crippen LogP contribution >= 0.6 is 0 Å². The second-order valence-corrected chi connectivity index (χ2v) is 41.7. The topological polar surface area (TPSA) is 278 Å². The Morgan fingerprint density at radius 3 is 0.958 bits per heavy atom. The Kier molecular flexibility index (Phi) is 32.8. The van der Waals surface area contributed by atoms with Gasteiger partial charge in [-0.05, 0) is 344 Å². The van der Waals surface area contributed by atoms with E-state index < -0.39 is 0 Å². The van der Waals surface area contributed by atoms with E-state index in [0.717, 1.165) is 118 Å². The molecular weight excluding hydrogens is 1780 g/mol. The number of carbonyl (C=O) groups excluding carboxylic acids is 1. The van der Waals surface area contributed by atoms with Crippen LogP contribution in [0.2, 0.25) is 0 Å². The smallest absolute Gasteiger partial charge is 0.338 e. The van der Waals surface area contributed by atoms with E-state index in [-0.39, 0.29) is 48.4 Å². The van der Waals surface area contributed by atoms with Crippen LogP contribution in [-0.2, 0) is 26.4 Å². The van der Waals surface area contributed by atoms with E-state index in [1.54, 1.807) is 24.3 Å². The summed E-state index contributed by atoms with van der Waals surface area (Å²) < 4.78 is 55.2. The molecule has 3 aliphatic carbocycles. The van der Waals surface area contributed by atoms with Crippen LogP contribution in [0.15, 0.2) is 297 Å². The molecule has 3 fully saturated rings. The van der Waals surface area contributed by atoms with Crippen LogP contribution in [-0.4, -0.2) is 87.0 Å². The number of carbonyl (C=O) groups is 1. The molecule has 15 aromatic rings. The summed E-state index contributed by atoms with van der Waals surface area (Å²) in [7, 11) is 0. The molecule has 9 unspecified atom stereocenters. The number of hydrogen-bond acceptors (Lipinski definition) is 22. The first-order valence-corrected chi connectivity index (χ1v) is 48.9. The van der Waals surface area contributed by atoms with Gasteiger partial charge in [-0.25, -0.2) is 4.79 Å².